The number of likely N-dealkylation sites (tertiary alicyclic amines) is 1. The Labute approximate surface area is 117 Å². The van der Waals surface area contributed by atoms with E-state index in [4.69, 9.17) is 0 Å². The van der Waals surface area contributed by atoms with Gasteiger partial charge in [0.25, 0.3) is 0 Å². The van der Waals surface area contributed by atoms with E-state index >= 15 is 0 Å². The van der Waals surface area contributed by atoms with Crippen molar-refractivity contribution in [2.75, 3.05) is 33.2 Å². The Morgan fingerprint density at radius 1 is 1.37 bits per heavy atom. The van der Waals surface area contributed by atoms with Crippen molar-refractivity contribution in [1.29, 1.82) is 0 Å². The molecule has 2 unspecified atom stereocenters. The molecule has 0 aromatic rings. The minimum atomic E-state index is 0.0461. The maximum atomic E-state index is 12.1. The average molecular weight is 267 g/mol. The molecule has 0 saturated carbocycles. The van der Waals surface area contributed by atoms with Crippen LogP contribution in [0.15, 0.2) is 0 Å². The van der Waals surface area contributed by atoms with Crippen LogP contribution in [0, 0.1) is 11.3 Å². The second-order valence-corrected chi connectivity index (χ2v) is 6.96. The van der Waals surface area contributed by atoms with Crippen molar-refractivity contribution in [2.24, 2.45) is 11.3 Å². The Morgan fingerprint density at radius 3 is 2.79 bits per heavy atom. The van der Waals surface area contributed by atoms with Crippen molar-refractivity contribution in [3.05, 3.63) is 0 Å². The van der Waals surface area contributed by atoms with Gasteiger partial charge in [-0.05, 0) is 57.2 Å². The number of amides is 1. The van der Waals surface area contributed by atoms with Gasteiger partial charge in [0.1, 0.15) is 0 Å². The molecule has 2 atom stereocenters. The van der Waals surface area contributed by atoms with Crippen molar-refractivity contribution in [1.82, 2.24) is 15.5 Å². The molecule has 0 radical (unpaired) electrons. The van der Waals surface area contributed by atoms with Gasteiger partial charge < -0.3 is 15.5 Å². The number of rotatable bonds is 4. The van der Waals surface area contributed by atoms with Crippen LogP contribution in [0.3, 0.4) is 0 Å². The third-order valence-corrected chi connectivity index (χ3v) is 4.82. The Morgan fingerprint density at radius 2 is 2.16 bits per heavy atom. The zero-order valence-corrected chi connectivity index (χ0v) is 12.7. The van der Waals surface area contributed by atoms with Crippen LogP contribution in [0.2, 0.25) is 0 Å². The summed E-state index contributed by atoms with van der Waals surface area (Å²) >= 11 is 0. The molecule has 4 nitrogen and oxygen atoms in total. The fourth-order valence-corrected chi connectivity index (χ4v) is 3.30. The summed E-state index contributed by atoms with van der Waals surface area (Å²) < 4.78 is 0. The van der Waals surface area contributed by atoms with Gasteiger partial charge in [-0.25, -0.2) is 0 Å². The second-order valence-electron chi connectivity index (χ2n) is 6.96. The lowest BCUT2D eigenvalue weighted by atomic mass is 9.74. The van der Waals surface area contributed by atoms with Crippen LogP contribution in [0.4, 0.5) is 0 Å². The Kier molecular flexibility index (Phi) is 4.85. The molecule has 2 heterocycles. The minimum absolute atomic E-state index is 0.0461. The quantitative estimate of drug-likeness (QED) is 0.805. The summed E-state index contributed by atoms with van der Waals surface area (Å²) in [6.07, 6.45) is 4.67. The maximum absolute atomic E-state index is 12.1. The van der Waals surface area contributed by atoms with Crippen LogP contribution in [-0.4, -0.2) is 50.1 Å². The van der Waals surface area contributed by atoms with Crippen molar-refractivity contribution in [2.45, 2.75) is 45.6 Å². The van der Waals surface area contributed by atoms with Crippen LogP contribution in [-0.2, 0) is 4.79 Å². The summed E-state index contributed by atoms with van der Waals surface area (Å²) in [5.74, 6) is 0.873. The smallest absolute Gasteiger partial charge is 0.237 e. The van der Waals surface area contributed by atoms with Gasteiger partial charge in [0, 0.05) is 13.1 Å². The number of piperidine rings is 1. The molecule has 110 valence electrons. The summed E-state index contributed by atoms with van der Waals surface area (Å²) in [5, 5.41) is 6.42. The van der Waals surface area contributed by atoms with Gasteiger partial charge in [0.05, 0.1) is 6.04 Å². The number of carbonyl (C=O) groups is 1. The first-order chi connectivity index (χ1) is 8.99. The second kappa shape index (κ2) is 6.23. The SMILES string of the molecule is CN1CCCC(C(C)(C)CNC(=O)C2CCCN2)C1. The van der Waals surface area contributed by atoms with E-state index < -0.39 is 0 Å². The Hall–Kier alpha value is -0.610. The molecule has 19 heavy (non-hydrogen) atoms. The summed E-state index contributed by atoms with van der Waals surface area (Å²) in [5.41, 5.74) is 0.183. The largest absolute Gasteiger partial charge is 0.354 e. The first-order valence-corrected chi connectivity index (χ1v) is 7.69. The van der Waals surface area contributed by atoms with Crippen LogP contribution in [0.5, 0.6) is 0 Å². The van der Waals surface area contributed by atoms with Crippen LogP contribution in [0.25, 0.3) is 0 Å². The molecule has 0 bridgehead atoms. The lowest BCUT2D eigenvalue weighted by molar-refractivity contribution is -0.123. The number of nitrogens with one attached hydrogen (secondary N) is 2. The monoisotopic (exact) mass is 267 g/mol. The highest BCUT2D eigenvalue weighted by Gasteiger charge is 2.33. The summed E-state index contributed by atoms with van der Waals surface area (Å²) in [7, 11) is 2.20. The van der Waals surface area contributed by atoms with Crippen LogP contribution < -0.4 is 10.6 Å². The van der Waals surface area contributed by atoms with E-state index in [1.165, 1.54) is 19.4 Å². The molecule has 2 fully saturated rings. The normalized spacial score (nSPS) is 29.4. The van der Waals surface area contributed by atoms with Gasteiger partial charge in [-0.1, -0.05) is 13.8 Å². The van der Waals surface area contributed by atoms with Gasteiger partial charge in [0.2, 0.25) is 5.91 Å². The highest BCUT2D eigenvalue weighted by molar-refractivity contribution is 5.82. The first kappa shape index (κ1) is 14.8. The van der Waals surface area contributed by atoms with E-state index in [9.17, 15) is 4.79 Å². The Balaban J connectivity index is 1.80. The lowest BCUT2D eigenvalue weighted by Crippen LogP contribution is -2.48. The molecular weight excluding hydrogens is 238 g/mol. The molecule has 0 aliphatic carbocycles. The van der Waals surface area contributed by atoms with Crippen molar-refractivity contribution in [3.8, 4) is 0 Å². The van der Waals surface area contributed by atoms with Crippen molar-refractivity contribution >= 4 is 5.91 Å². The van der Waals surface area contributed by atoms with Gasteiger partial charge >= 0.3 is 0 Å². The predicted octanol–water partition coefficient (Wildman–Crippen LogP) is 1.22. The third kappa shape index (κ3) is 3.93. The molecule has 2 rings (SSSR count). The van der Waals surface area contributed by atoms with E-state index in [2.05, 4.69) is 36.4 Å². The molecule has 0 aromatic carbocycles. The van der Waals surface area contributed by atoms with Gasteiger partial charge in [-0.15, -0.1) is 0 Å². The summed E-state index contributed by atoms with van der Waals surface area (Å²) in [6.45, 7) is 8.73. The zero-order valence-electron chi connectivity index (χ0n) is 12.7. The predicted molar refractivity (Wildman–Crippen MR) is 78.0 cm³/mol. The molecule has 2 aliphatic rings. The van der Waals surface area contributed by atoms with Crippen molar-refractivity contribution < 1.29 is 4.79 Å². The fourth-order valence-electron chi connectivity index (χ4n) is 3.30. The van der Waals surface area contributed by atoms with Gasteiger partial charge in [-0.3, -0.25) is 4.79 Å². The highest BCUT2D eigenvalue weighted by atomic mass is 16.2. The standard InChI is InChI=1S/C15H29N3O/c1-15(2,12-6-5-9-18(3)10-12)11-17-14(19)13-7-4-8-16-13/h12-13,16H,4-11H2,1-3H3,(H,17,19). The first-order valence-electron chi connectivity index (χ1n) is 7.69. The highest BCUT2D eigenvalue weighted by Crippen LogP contribution is 2.33. The number of hydrogen-bond donors (Lipinski definition) is 2. The van der Waals surface area contributed by atoms with Crippen LogP contribution >= 0.6 is 0 Å². The van der Waals surface area contributed by atoms with Gasteiger partial charge in [0.15, 0.2) is 0 Å². The van der Waals surface area contributed by atoms with Crippen molar-refractivity contribution in [3.63, 3.8) is 0 Å². The van der Waals surface area contributed by atoms with E-state index in [-0.39, 0.29) is 17.4 Å². The topological polar surface area (TPSA) is 44.4 Å². The summed E-state index contributed by atoms with van der Waals surface area (Å²) in [6, 6.07) is 0.0461. The third-order valence-electron chi connectivity index (χ3n) is 4.82. The molecule has 4 heteroatoms. The lowest BCUT2D eigenvalue weighted by Gasteiger charge is -2.40. The molecule has 2 aliphatic heterocycles. The number of nitrogens with zero attached hydrogens (tertiary/aromatic N) is 1. The van der Waals surface area contributed by atoms with E-state index in [1.54, 1.807) is 0 Å². The van der Waals surface area contributed by atoms with Crippen LogP contribution in [0.1, 0.15) is 39.5 Å². The number of hydrogen-bond acceptors (Lipinski definition) is 3. The fraction of sp³-hybridized carbons (Fsp3) is 0.933. The molecule has 0 aromatic heterocycles. The molecule has 2 N–H and O–H groups in total. The zero-order chi connectivity index (χ0) is 13.9. The maximum Gasteiger partial charge on any atom is 0.237 e. The molecule has 0 spiro atoms. The average Bonchev–Trinajstić information content (AvgIpc) is 2.90. The van der Waals surface area contributed by atoms with E-state index in [0.29, 0.717) is 5.92 Å². The van der Waals surface area contributed by atoms with E-state index in [1.807, 2.05) is 0 Å². The summed E-state index contributed by atoms with van der Waals surface area (Å²) in [4.78, 5) is 14.5. The molecule has 1 amide bonds. The van der Waals surface area contributed by atoms with E-state index in [0.717, 1.165) is 32.5 Å². The molecular formula is C15H29N3O. The van der Waals surface area contributed by atoms with Gasteiger partial charge in [-0.2, -0.15) is 0 Å². The minimum Gasteiger partial charge on any atom is -0.354 e. The number of carbonyl (C=O) groups excluding carboxylic acids is 1. The Bertz CT molecular complexity index is 311. The molecule has 2 saturated heterocycles.